The van der Waals surface area contributed by atoms with Crippen molar-refractivity contribution in [3.05, 3.63) is 0 Å². The molecule has 2 unspecified atom stereocenters. The first-order valence-corrected chi connectivity index (χ1v) is 4.91. The van der Waals surface area contributed by atoms with E-state index in [1.54, 1.807) is 0 Å². The molecule has 1 aliphatic heterocycles. The third-order valence-electron chi connectivity index (χ3n) is 2.52. The first kappa shape index (κ1) is 10.0. The minimum absolute atomic E-state index is 0.370. The number of hydrogen-bond acceptors (Lipinski definition) is 2. The molecule has 0 saturated carbocycles. The Hall–Kier alpha value is -0.0800. The van der Waals surface area contributed by atoms with E-state index < -0.39 is 0 Å². The van der Waals surface area contributed by atoms with Gasteiger partial charge in [-0.05, 0) is 33.2 Å². The van der Waals surface area contributed by atoms with E-state index in [-0.39, 0.29) is 0 Å². The molecule has 0 amide bonds. The quantitative estimate of drug-likeness (QED) is 0.641. The van der Waals surface area contributed by atoms with Crippen LogP contribution < -0.4 is 0 Å². The zero-order valence-electron chi connectivity index (χ0n) is 8.71. The van der Waals surface area contributed by atoms with Crippen LogP contribution in [0.15, 0.2) is 0 Å². The summed E-state index contributed by atoms with van der Waals surface area (Å²) in [6.45, 7) is 8.63. The van der Waals surface area contributed by atoms with Gasteiger partial charge in [-0.25, -0.2) is 0 Å². The molecular weight excluding hydrogens is 150 g/mol. The molecule has 0 spiro atoms. The number of likely N-dealkylation sites (tertiary alicyclic amines) is 1. The Bertz CT molecular complexity index is 136. The highest BCUT2D eigenvalue weighted by molar-refractivity contribution is 4.80. The Morgan fingerprint density at radius 2 is 2.17 bits per heavy atom. The normalized spacial score (nSPS) is 31.8. The van der Waals surface area contributed by atoms with Gasteiger partial charge in [0.05, 0.1) is 12.7 Å². The molecule has 1 aliphatic rings. The molecule has 0 bridgehead atoms. The molecule has 0 aromatic carbocycles. The van der Waals surface area contributed by atoms with Crippen LogP contribution >= 0.6 is 0 Å². The minimum Gasteiger partial charge on any atom is -0.377 e. The number of likely N-dealkylation sites (N-methyl/N-ethyl adjacent to an activating group) is 1. The molecule has 0 aliphatic carbocycles. The fraction of sp³-hybridized carbons (Fsp3) is 1.00. The van der Waals surface area contributed by atoms with Crippen LogP contribution in [0.2, 0.25) is 0 Å². The summed E-state index contributed by atoms with van der Waals surface area (Å²) in [7, 11) is 2.19. The van der Waals surface area contributed by atoms with Gasteiger partial charge < -0.3 is 9.64 Å². The van der Waals surface area contributed by atoms with Crippen molar-refractivity contribution in [1.82, 2.24) is 4.90 Å². The Morgan fingerprint density at radius 1 is 1.50 bits per heavy atom. The van der Waals surface area contributed by atoms with Gasteiger partial charge in [0.1, 0.15) is 0 Å². The molecule has 2 nitrogen and oxygen atoms in total. The first-order valence-electron chi connectivity index (χ1n) is 4.91. The van der Waals surface area contributed by atoms with E-state index in [0.29, 0.717) is 12.1 Å². The van der Waals surface area contributed by atoms with Crippen molar-refractivity contribution in [2.75, 3.05) is 20.2 Å². The van der Waals surface area contributed by atoms with Gasteiger partial charge in [-0.15, -0.1) is 0 Å². The van der Waals surface area contributed by atoms with Crippen molar-refractivity contribution in [2.24, 2.45) is 5.92 Å². The van der Waals surface area contributed by atoms with Crippen LogP contribution in [0.25, 0.3) is 0 Å². The Labute approximate surface area is 75.9 Å². The summed E-state index contributed by atoms with van der Waals surface area (Å²) in [4.78, 5) is 2.41. The summed E-state index contributed by atoms with van der Waals surface area (Å²) in [5, 5.41) is 0. The Morgan fingerprint density at radius 3 is 2.58 bits per heavy atom. The van der Waals surface area contributed by atoms with Gasteiger partial charge in [-0.3, -0.25) is 0 Å². The number of rotatable bonds is 3. The smallest absolute Gasteiger partial charge is 0.0625 e. The maximum atomic E-state index is 5.60. The summed E-state index contributed by atoms with van der Waals surface area (Å²) < 4.78 is 5.60. The van der Waals surface area contributed by atoms with Crippen molar-refractivity contribution >= 4 is 0 Å². The molecule has 1 fully saturated rings. The third kappa shape index (κ3) is 2.76. The maximum absolute atomic E-state index is 5.60. The molecule has 0 aromatic rings. The van der Waals surface area contributed by atoms with Crippen LogP contribution in [0.3, 0.4) is 0 Å². The molecule has 0 aromatic heterocycles. The maximum Gasteiger partial charge on any atom is 0.0625 e. The number of ether oxygens (including phenoxy) is 1. The van der Waals surface area contributed by atoms with Crippen LogP contribution in [0.1, 0.15) is 27.2 Å². The molecule has 1 heterocycles. The van der Waals surface area contributed by atoms with Crippen LogP contribution in [-0.4, -0.2) is 37.2 Å². The van der Waals surface area contributed by atoms with Crippen molar-refractivity contribution in [3.8, 4) is 0 Å². The van der Waals surface area contributed by atoms with E-state index in [1.165, 1.54) is 13.0 Å². The lowest BCUT2D eigenvalue weighted by Crippen LogP contribution is -2.30. The average Bonchev–Trinajstić information content (AvgIpc) is 2.26. The lowest BCUT2D eigenvalue weighted by molar-refractivity contribution is 0.0431. The second kappa shape index (κ2) is 4.24. The van der Waals surface area contributed by atoms with E-state index in [1.807, 2.05) is 0 Å². The van der Waals surface area contributed by atoms with Gasteiger partial charge in [0.2, 0.25) is 0 Å². The predicted octanol–water partition coefficient (Wildman–Crippen LogP) is 1.75. The molecule has 0 N–H and O–H groups in total. The topological polar surface area (TPSA) is 12.5 Å². The molecular formula is C10H21NO. The Kier molecular flexibility index (Phi) is 3.53. The van der Waals surface area contributed by atoms with Crippen molar-refractivity contribution in [3.63, 3.8) is 0 Å². The van der Waals surface area contributed by atoms with E-state index in [2.05, 4.69) is 32.7 Å². The predicted molar refractivity (Wildman–Crippen MR) is 51.3 cm³/mol. The van der Waals surface area contributed by atoms with Gasteiger partial charge in [0, 0.05) is 12.6 Å². The zero-order chi connectivity index (χ0) is 9.14. The fourth-order valence-electron chi connectivity index (χ4n) is 1.86. The number of hydrogen-bond donors (Lipinski definition) is 0. The summed E-state index contributed by atoms with van der Waals surface area (Å²) in [6.07, 6.45) is 1.66. The molecule has 1 saturated heterocycles. The lowest BCUT2D eigenvalue weighted by atomic mass is 10.1. The first-order chi connectivity index (χ1) is 5.59. The molecule has 12 heavy (non-hydrogen) atoms. The van der Waals surface area contributed by atoms with E-state index >= 15 is 0 Å². The van der Waals surface area contributed by atoms with E-state index in [4.69, 9.17) is 4.74 Å². The molecule has 1 rings (SSSR count). The van der Waals surface area contributed by atoms with Gasteiger partial charge in [0.15, 0.2) is 0 Å². The van der Waals surface area contributed by atoms with Gasteiger partial charge >= 0.3 is 0 Å². The van der Waals surface area contributed by atoms with Crippen molar-refractivity contribution < 1.29 is 4.74 Å². The third-order valence-corrected chi connectivity index (χ3v) is 2.52. The highest BCUT2D eigenvalue weighted by Gasteiger charge is 2.26. The van der Waals surface area contributed by atoms with E-state index in [0.717, 1.165) is 12.5 Å². The van der Waals surface area contributed by atoms with Crippen LogP contribution in [0, 0.1) is 5.92 Å². The minimum atomic E-state index is 0.370. The highest BCUT2D eigenvalue weighted by atomic mass is 16.5. The lowest BCUT2D eigenvalue weighted by Gasteiger charge is -2.20. The Balaban J connectivity index is 2.23. The second-order valence-corrected chi connectivity index (χ2v) is 4.32. The van der Waals surface area contributed by atoms with Gasteiger partial charge in [-0.2, -0.15) is 0 Å². The molecule has 72 valence electrons. The second-order valence-electron chi connectivity index (χ2n) is 4.32. The molecule has 2 heteroatoms. The SMILES string of the molecule is CC1CC(COC(C)C)N(C)C1. The average molecular weight is 171 g/mol. The zero-order valence-corrected chi connectivity index (χ0v) is 8.71. The van der Waals surface area contributed by atoms with Crippen LogP contribution in [0.5, 0.6) is 0 Å². The van der Waals surface area contributed by atoms with Crippen LogP contribution in [-0.2, 0) is 4.74 Å². The fourth-order valence-corrected chi connectivity index (χ4v) is 1.86. The molecule has 2 atom stereocenters. The largest absolute Gasteiger partial charge is 0.377 e. The van der Waals surface area contributed by atoms with Crippen molar-refractivity contribution in [2.45, 2.75) is 39.3 Å². The highest BCUT2D eigenvalue weighted by Crippen LogP contribution is 2.21. The monoisotopic (exact) mass is 171 g/mol. The van der Waals surface area contributed by atoms with E-state index in [9.17, 15) is 0 Å². The van der Waals surface area contributed by atoms with Gasteiger partial charge in [-0.1, -0.05) is 6.92 Å². The summed E-state index contributed by atoms with van der Waals surface area (Å²) >= 11 is 0. The van der Waals surface area contributed by atoms with Gasteiger partial charge in [0.25, 0.3) is 0 Å². The standard InChI is InChI=1S/C10H21NO/c1-8(2)12-7-10-5-9(3)6-11(10)4/h8-10H,5-7H2,1-4H3. The van der Waals surface area contributed by atoms with Crippen LogP contribution in [0.4, 0.5) is 0 Å². The number of nitrogens with zero attached hydrogens (tertiary/aromatic N) is 1. The van der Waals surface area contributed by atoms with Crippen molar-refractivity contribution in [1.29, 1.82) is 0 Å². The summed E-state index contributed by atoms with van der Waals surface area (Å²) in [5.41, 5.74) is 0. The molecule has 0 radical (unpaired) electrons. The summed E-state index contributed by atoms with van der Waals surface area (Å²) in [5.74, 6) is 0.843. The summed E-state index contributed by atoms with van der Waals surface area (Å²) in [6, 6.07) is 0.655.